The van der Waals surface area contributed by atoms with Crippen LogP contribution >= 0.6 is 7.60 Å². The molecule has 0 bridgehead atoms. The molecule has 0 fully saturated rings. The van der Waals surface area contributed by atoms with Crippen LogP contribution in [0.1, 0.15) is 103 Å². The molecule has 2 aromatic rings. The van der Waals surface area contributed by atoms with Gasteiger partial charge >= 0.3 is 7.60 Å². The number of nitrogens with two attached hydrogens (primary N) is 1. The Morgan fingerprint density at radius 1 is 0.902 bits per heavy atom. The average molecular weight is 594 g/mol. The quantitative estimate of drug-likeness (QED) is 0.0640. The summed E-state index contributed by atoms with van der Waals surface area (Å²) in [5.41, 5.74) is 5.82. The fourth-order valence-corrected chi connectivity index (χ4v) is 5.47. The Hall–Kier alpha value is -2.26. The van der Waals surface area contributed by atoms with Gasteiger partial charge in [0.05, 0.1) is 25.7 Å². The normalized spacial score (nSPS) is 13.6. The molecule has 10 nitrogen and oxygen atoms in total. The Labute approximate surface area is 245 Å². The number of aromatic nitrogens is 4. The maximum Gasteiger partial charge on any atom is 0.328 e. The van der Waals surface area contributed by atoms with Gasteiger partial charge in [-0.1, -0.05) is 89.0 Å². The highest BCUT2D eigenvalue weighted by Crippen LogP contribution is 2.42. The van der Waals surface area contributed by atoms with Gasteiger partial charge in [-0.05, 0) is 38.5 Å². The molecule has 4 N–H and O–H groups in total. The average Bonchev–Trinajstić information content (AvgIpc) is 3.34. The molecule has 0 aromatic carbocycles. The topological polar surface area (TPSA) is 145 Å². The SMILES string of the molecule is CCCCCCCC/C=C\CCCCCCCCOCCOP(=O)(O)CCC=CCn1cnc2c(=O)[nH]c(N)nc21. The first kappa shape index (κ1) is 34.9. The molecule has 0 aliphatic carbocycles. The number of nitrogens with zero attached hydrogens (tertiary/aromatic N) is 3. The molecule has 41 heavy (non-hydrogen) atoms. The number of nitrogens with one attached hydrogen (secondary N) is 1. The van der Waals surface area contributed by atoms with E-state index in [1.165, 1.54) is 83.4 Å². The highest BCUT2D eigenvalue weighted by atomic mass is 31.2. The summed E-state index contributed by atoms with van der Waals surface area (Å²) >= 11 is 0. The van der Waals surface area contributed by atoms with Crippen molar-refractivity contribution in [2.24, 2.45) is 0 Å². The molecular weight excluding hydrogens is 541 g/mol. The zero-order valence-electron chi connectivity index (χ0n) is 25.0. The summed E-state index contributed by atoms with van der Waals surface area (Å²) in [7, 11) is -3.67. The van der Waals surface area contributed by atoms with Crippen molar-refractivity contribution in [2.45, 2.75) is 110 Å². The third-order valence-corrected chi connectivity index (χ3v) is 8.27. The largest absolute Gasteiger partial charge is 0.379 e. The number of allylic oxidation sites excluding steroid dienone is 4. The standard InChI is InChI=1S/C30H52N5O5P/c1-2-3-4-5-6-7-8-9-10-11-12-13-14-15-16-19-22-39-23-24-40-41(37,38)25-20-17-18-21-35-26-32-27-28(35)33-30(31)34-29(27)36/h9-10,17-18,26H,2-8,11-16,19-25H2,1H3,(H,37,38)(H3,31,33,34,36)/b10-9-,18-17?. The first-order valence-corrected chi connectivity index (χ1v) is 17.2. The minimum absolute atomic E-state index is 0.0218. The van der Waals surface area contributed by atoms with Crippen LogP contribution in [0.2, 0.25) is 0 Å². The number of hydrogen-bond donors (Lipinski definition) is 3. The van der Waals surface area contributed by atoms with Gasteiger partial charge in [0.15, 0.2) is 11.2 Å². The molecule has 1 unspecified atom stereocenters. The van der Waals surface area contributed by atoms with Crippen LogP contribution in [0.5, 0.6) is 0 Å². The van der Waals surface area contributed by atoms with Crippen molar-refractivity contribution in [1.82, 2.24) is 19.5 Å². The van der Waals surface area contributed by atoms with Crippen LogP contribution in [0.25, 0.3) is 11.2 Å². The van der Waals surface area contributed by atoms with E-state index in [0.717, 1.165) is 12.8 Å². The molecule has 0 amide bonds. The first-order valence-electron chi connectivity index (χ1n) is 15.5. The predicted molar refractivity (Wildman–Crippen MR) is 167 cm³/mol. The van der Waals surface area contributed by atoms with Gasteiger partial charge in [0.25, 0.3) is 5.56 Å². The maximum absolute atomic E-state index is 12.2. The van der Waals surface area contributed by atoms with Crippen LogP contribution in [0.15, 0.2) is 35.4 Å². The van der Waals surface area contributed by atoms with Crippen molar-refractivity contribution in [3.05, 3.63) is 41.0 Å². The Kier molecular flexibility index (Phi) is 18.3. The van der Waals surface area contributed by atoms with E-state index in [1.807, 2.05) is 6.08 Å². The number of aromatic amines is 1. The summed E-state index contributed by atoms with van der Waals surface area (Å²) in [6.45, 7) is 3.74. The fraction of sp³-hybridized carbons (Fsp3) is 0.700. The van der Waals surface area contributed by atoms with Crippen LogP contribution in [0.3, 0.4) is 0 Å². The van der Waals surface area contributed by atoms with Gasteiger partial charge in [-0.2, -0.15) is 4.98 Å². The van der Waals surface area contributed by atoms with E-state index in [-0.39, 0.29) is 29.8 Å². The van der Waals surface area contributed by atoms with Gasteiger partial charge in [0.2, 0.25) is 5.95 Å². The summed E-state index contributed by atoms with van der Waals surface area (Å²) in [6.07, 6.45) is 28.0. The van der Waals surface area contributed by atoms with Gasteiger partial charge in [0.1, 0.15) is 0 Å². The van der Waals surface area contributed by atoms with Crippen LogP contribution < -0.4 is 11.3 Å². The van der Waals surface area contributed by atoms with Gasteiger partial charge in [-0.25, -0.2) is 4.98 Å². The van der Waals surface area contributed by atoms with Gasteiger partial charge in [-0.15, -0.1) is 0 Å². The highest BCUT2D eigenvalue weighted by molar-refractivity contribution is 7.52. The summed E-state index contributed by atoms with van der Waals surface area (Å²) < 4.78 is 24.6. The fourth-order valence-electron chi connectivity index (χ4n) is 4.51. The Morgan fingerprint density at radius 3 is 2.24 bits per heavy atom. The van der Waals surface area contributed by atoms with Gasteiger partial charge in [0, 0.05) is 13.2 Å². The number of ether oxygens (including phenoxy) is 1. The molecule has 2 heterocycles. The van der Waals surface area contributed by atoms with Crippen LogP contribution in [0, 0.1) is 0 Å². The van der Waals surface area contributed by atoms with Crippen molar-refractivity contribution in [3.8, 4) is 0 Å². The summed E-state index contributed by atoms with van der Waals surface area (Å²) in [5.74, 6) is 0.0265. The number of fused-ring (bicyclic) bond motifs is 1. The molecule has 0 spiro atoms. The number of anilines is 1. The lowest BCUT2D eigenvalue weighted by Gasteiger charge is -2.11. The molecule has 0 aliphatic rings. The molecule has 0 radical (unpaired) electrons. The van der Waals surface area contributed by atoms with Gasteiger partial charge < -0.3 is 24.5 Å². The molecular formula is C30H52N5O5P. The van der Waals surface area contributed by atoms with E-state index < -0.39 is 7.60 Å². The van der Waals surface area contributed by atoms with Crippen LogP contribution in [0.4, 0.5) is 5.95 Å². The van der Waals surface area contributed by atoms with E-state index in [2.05, 4.69) is 34.0 Å². The zero-order valence-corrected chi connectivity index (χ0v) is 25.9. The van der Waals surface area contributed by atoms with Gasteiger partial charge in [-0.3, -0.25) is 14.3 Å². The minimum atomic E-state index is -3.67. The highest BCUT2D eigenvalue weighted by Gasteiger charge is 2.17. The van der Waals surface area contributed by atoms with Crippen molar-refractivity contribution in [2.75, 3.05) is 31.7 Å². The molecule has 232 valence electrons. The monoisotopic (exact) mass is 593 g/mol. The Morgan fingerprint density at radius 2 is 1.54 bits per heavy atom. The first-order chi connectivity index (χ1) is 19.9. The zero-order chi connectivity index (χ0) is 29.6. The van der Waals surface area contributed by atoms with Crippen LogP contribution in [-0.2, 0) is 20.4 Å². The van der Waals surface area contributed by atoms with Crippen molar-refractivity contribution in [3.63, 3.8) is 0 Å². The summed E-state index contributed by atoms with van der Waals surface area (Å²) in [4.78, 5) is 32.4. The molecule has 11 heteroatoms. The number of imidazole rings is 1. The number of rotatable bonds is 25. The third kappa shape index (κ3) is 16.1. The second-order valence-electron chi connectivity index (χ2n) is 10.5. The second-order valence-corrected chi connectivity index (χ2v) is 12.5. The lowest BCUT2D eigenvalue weighted by Crippen LogP contribution is -2.12. The minimum Gasteiger partial charge on any atom is -0.379 e. The molecule has 1 atom stereocenters. The lowest BCUT2D eigenvalue weighted by molar-refractivity contribution is 0.0926. The second kappa shape index (κ2) is 21.4. The molecule has 0 saturated heterocycles. The number of unbranched alkanes of at least 4 members (excludes halogenated alkanes) is 12. The van der Waals surface area contributed by atoms with Crippen molar-refractivity contribution >= 4 is 24.7 Å². The third-order valence-electron chi connectivity index (χ3n) is 6.86. The number of hydrogen-bond acceptors (Lipinski definition) is 7. The number of H-pyrrole nitrogens is 1. The lowest BCUT2D eigenvalue weighted by atomic mass is 10.1. The van der Waals surface area contributed by atoms with E-state index in [1.54, 1.807) is 10.6 Å². The molecule has 0 aliphatic heterocycles. The van der Waals surface area contributed by atoms with E-state index in [9.17, 15) is 14.3 Å². The van der Waals surface area contributed by atoms with Crippen molar-refractivity contribution in [1.29, 1.82) is 0 Å². The van der Waals surface area contributed by atoms with E-state index in [0.29, 0.717) is 31.8 Å². The Bertz CT molecular complexity index is 1130. The molecule has 0 saturated carbocycles. The van der Waals surface area contributed by atoms with Crippen molar-refractivity contribution < 1.29 is 18.7 Å². The predicted octanol–water partition coefficient (Wildman–Crippen LogP) is 6.90. The van der Waals surface area contributed by atoms with Crippen LogP contribution in [-0.4, -0.2) is 50.4 Å². The molecule has 2 rings (SSSR count). The summed E-state index contributed by atoms with van der Waals surface area (Å²) in [5, 5.41) is 0. The molecule has 2 aromatic heterocycles. The summed E-state index contributed by atoms with van der Waals surface area (Å²) in [6, 6.07) is 0. The van der Waals surface area contributed by atoms with E-state index in [4.69, 9.17) is 15.0 Å². The number of nitrogen functional groups attached to an aromatic ring is 1. The van der Waals surface area contributed by atoms with E-state index >= 15 is 0 Å². The smallest absolute Gasteiger partial charge is 0.328 e. The Balaban J connectivity index is 1.38. The maximum atomic E-state index is 12.2.